The second kappa shape index (κ2) is 3.38. The predicted octanol–water partition coefficient (Wildman–Crippen LogP) is 2.03. The first-order chi connectivity index (χ1) is 7.02. The van der Waals surface area contributed by atoms with Crippen LogP contribution >= 0.6 is 15.9 Å². The quantitative estimate of drug-likeness (QED) is 0.731. The topological polar surface area (TPSA) is 51.2 Å². The summed E-state index contributed by atoms with van der Waals surface area (Å²) in [5, 5.41) is 0. The highest BCUT2D eigenvalue weighted by molar-refractivity contribution is 9.10. The molecule has 1 aliphatic carbocycles. The van der Waals surface area contributed by atoms with Crippen LogP contribution in [0.25, 0.3) is 0 Å². The van der Waals surface area contributed by atoms with Crippen molar-refractivity contribution in [1.29, 1.82) is 0 Å². The monoisotopic (exact) mass is 266 g/mol. The minimum absolute atomic E-state index is 0.342. The van der Waals surface area contributed by atoms with E-state index < -0.39 is 11.7 Å². The zero-order valence-electron chi connectivity index (χ0n) is 7.91. The number of benzene rings is 1. The predicted molar refractivity (Wildman–Crippen MR) is 57.0 cm³/mol. The number of ketones is 3. The Kier molecular flexibility index (Phi) is 2.31. The van der Waals surface area contributed by atoms with Crippen LogP contribution in [0.1, 0.15) is 27.6 Å². The Morgan fingerprint density at radius 3 is 2.40 bits per heavy atom. The Labute approximate surface area is 94.6 Å². The molecule has 1 aromatic rings. The second-order valence-electron chi connectivity index (χ2n) is 3.46. The first kappa shape index (κ1) is 10.2. The van der Waals surface area contributed by atoms with Gasteiger partial charge in [0.15, 0.2) is 11.6 Å². The van der Waals surface area contributed by atoms with Gasteiger partial charge in [-0.3, -0.25) is 14.4 Å². The van der Waals surface area contributed by atoms with Crippen molar-refractivity contribution in [1.82, 2.24) is 0 Å². The molecular formula is C11H7BrO3. The molecule has 76 valence electrons. The summed E-state index contributed by atoms with van der Waals surface area (Å²) in [6, 6.07) is 4.84. The van der Waals surface area contributed by atoms with Gasteiger partial charge in [0.2, 0.25) is 0 Å². The number of halogens is 1. The fraction of sp³-hybridized carbons (Fsp3) is 0.182. The van der Waals surface area contributed by atoms with Gasteiger partial charge in [-0.25, -0.2) is 0 Å². The molecule has 0 aromatic heterocycles. The van der Waals surface area contributed by atoms with Crippen molar-refractivity contribution >= 4 is 33.3 Å². The van der Waals surface area contributed by atoms with E-state index in [-0.39, 0.29) is 11.6 Å². The van der Waals surface area contributed by atoms with Crippen LogP contribution in [0.3, 0.4) is 0 Å². The Morgan fingerprint density at radius 2 is 1.80 bits per heavy atom. The number of rotatable bonds is 1. The van der Waals surface area contributed by atoms with Crippen molar-refractivity contribution in [2.24, 2.45) is 5.92 Å². The van der Waals surface area contributed by atoms with Gasteiger partial charge in [0.05, 0.1) is 0 Å². The lowest BCUT2D eigenvalue weighted by molar-refractivity contribution is -0.118. The number of fused-ring (bicyclic) bond motifs is 1. The minimum atomic E-state index is -1.12. The van der Waals surface area contributed by atoms with Gasteiger partial charge in [-0.1, -0.05) is 15.9 Å². The highest BCUT2D eigenvalue weighted by atomic mass is 79.9. The number of hydrogen-bond donors (Lipinski definition) is 0. The molecule has 4 heteroatoms. The molecule has 3 nitrogen and oxygen atoms in total. The van der Waals surface area contributed by atoms with E-state index in [2.05, 4.69) is 15.9 Å². The molecule has 0 amide bonds. The molecular weight excluding hydrogens is 260 g/mol. The molecule has 1 aromatic carbocycles. The number of carbonyl (C=O) groups excluding carboxylic acids is 3. The summed E-state index contributed by atoms with van der Waals surface area (Å²) < 4.78 is 0.728. The lowest BCUT2D eigenvalue weighted by Gasteiger charge is -1.98. The number of carbonyl (C=O) groups is 3. The van der Waals surface area contributed by atoms with Crippen molar-refractivity contribution < 1.29 is 14.4 Å². The van der Waals surface area contributed by atoms with Gasteiger partial charge in [-0.05, 0) is 25.1 Å². The molecule has 0 radical (unpaired) electrons. The summed E-state index contributed by atoms with van der Waals surface area (Å²) in [6.07, 6.45) is 0. The van der Waals surface area contributed by atoms with Crippen LogP contribution in [-0.2, 0) is 4.79 Å². The molecule has 2 rings (SSSR count). The fourth-order valence-electron chi connectivity index (χ4n) is 1.73. The molecule has 0 saturated carbocycles. The first-order valence-corrected chi connectivity index (χ1v) is 5.20. The van der Waals surface area contributed by atoms with Crippen molar-refractivity contribution in [2.75, 3.05) is 0 Å². The summed E-state index contributed by atoms with van der Waals surface area (Å²) in [5.74, 6) is -2.27. The minimum Gasteiger partial charge on any atom is -0.299 e. The Hall–Kier alpha value is -1.29. The van der Waals surface area contributed by atoms with E-state index in [1.807, 2.05) is 0 Å². The smallest absolute Gasteiger partial charge is 0.181 e. The largest absolute Gasteiger partial charge is 0.299 e. The van der Waals surface area contributed by atoms with Gasteiger partial charge in [0.1, 0.15) is 11.7 Å². The van der Waals surface area contributed by atoms with E-state index >= 15 is 0 Å². The molecule has 0 aliphatic heterocycles. The van der Waals surface area contributed by atoms with E-state index in [0.29, 0.717) is 11.1 Å². The lowest BCUT2D eigenvalue weighted by Crippen LogP contribution is -2.22. The third-order valence-corrected chi connectivity index (χ3v) is 2.94. The summed E-state index contributed by atoms with van der Waals surface area (Å²) >= 11 is 3.22. The lowest BCUT2D eigenvalue weighted by atomic mass is 10.00. The van der Waals surface area contributed by atoms with Crippen LogP contribution in [0, 0.1) is 5.92 Å². The van der Waals surface area contributed by atoms with Gasteiger partial charge in [-0.2, -0.15) is 0 Å². The van der Waals surface area contributed by atoms with Crippen LogP contribution in [0.2, 0.25) is 0 Å². The Bertz CT molecular complexity index is 491. The van der Waals surface area contributed by atoms with Gasteiger partial charge in [0, 0.05) is 15.6 Å². The summed E-state index contributed by atoms with van der Waals surface area (Å²) in [7, 11) is 0. The molecule has 1 unspecified atom stereocenters. The van der Waals surface area contributed by atoms with Crippen LogP contribution in [0.15, 0.2) is 22.7 Å². The normalized spacial score (nSPS) is 19.2. The third kappa shape index (κ3) is 1.45. The van der Waals surface area contributed by atoms with Gasteiger partial charge in [0.25, 0.3) is 0 Å². The molecule has 1 atom stereocenters. The van der Waals surface area contributed by atoms with Gasteiger partial charge in [-0.15, -0.1) is 0 Å². The molecule has 15 heavy (non-hydrogen) atoms. The van der Waals surface area contributed by atoms with E-state index in [1.54, 1.807) is 18.2 Å². The second-order valence-corrected chi connectivity index (χ2v) is 4.38. The van der Waals surface area contributed by atoms with E-state index in [0.717, 1.165) is 4.47 Å². The maximum Gasteiger partial charge on any atom is 0.181 e. The fourth-order valence-corrected chi connectivity index (χ4v) is 2.10. The summed E-state index contributed by atoms with van der Waals surface area (Å²) in [4.78, 5) is 34.6. The first-order valence-electron chi connectivity index (χ1n) is 4.41. The van der Waals surface area contributed by atoms with Crippen LogP contribution in [0.4, 0.5) is 0 Å². The van der Waals surface area contributed by atoms with Crippen molar-refractivity contribution in [3.63, 3.8) is 0 Å². The molecule has 0 heterocycles. The molecule has 0 fully saturated rings. The number of Topliss-reactive ketones (excluding diaryl/α,β-unsaturated/α-hetero) is 3. The highest BCUT2D eigenvalue weighted by Gasteiger charge is 2.41. The van der Waals surface area contributed by atoms with Crippen molar-refractivity contribution in [3.05, 3.63) is 33.8 Å². The number of hydrogen-bond acceptors (Lipinski definition) is 3. The average Bonchev–Trinajstić information content (AvgIpc) is 2.39. The van der Waals surface area contributed by atoms with E-state index in [1.165, 1.54) is 6.92 Å². The molecule has 0 spiro atoms. The molecule has 0 N–H and O–H groups in total. The zero-order chi connectivity index (χ0) is 11.2. The third-order valence-electron chi connectivity index (χ3n) is 2.44. The van der Waals surface area contributed by atoms with Crippen LogP contribution in [-0.4, -0.2) is 17.3 Å². The summed E-state index contributed by atoms with van der Waals surface area (Å²) in [5.41, 5.74) is 0.693. The Morgan fingerprint density at radius 1 is 1.20 bits per heavy atom. The average molecular weight is 267 g/mol. The van der Waals surface area contributed by atoms with Crippen LogP contribution < -0.4 is 0 Å². The summed E-state index contributed by atoms with van der Waals surface area (Å²) in [6.45, 7) is 1.27. The highest BCUT2D eigenvalue weighted by Crippen LogP contribution is 2.29. The standard InChI is InChI=1S/C11H7BrO3/c1-5(13)9-10(14)7-3-2-6(12)4-8(7)11(9)15/h2-4,9H,1H3. The molecule has 1 aliphatic rings. The zero-order valence-corrected chi connectivity index (χ0v) is 9.50. The molecule has 0 saturated heterocycles. The maximum atomic E-state index is 11.7. The Balaban J connectivity index is 2.60. The SMILES string of the molecule is CC(=O)C1C(=O)c2ccc(Br)cc2C1=O. The van der Waals surface area contributed by atoms with Crippen LogP contribution in [0.5, 0.6) is 0 Å². The van der Waals surface area contributed by atoms with Gasteiger partial charge >= 0.3 is 0 Å². The van der Waals surface area contributed by atoms with E-state index in [4.69, 9.17) is 0 Å². The van der Waals surface area contributed by atoms with Gasteiger partial charge < -0.3 is 0 Å². The molecule has 0 bridgehead atoms. The van der Waals surface area contributed by atoms with Crippen molar-refractivity contribution in [3.8, 4) is 0 Å². The van der Waals surface area contributed by atoms with E-state index in [9.17, 15) is 14.4 Å². The maximum absolute atomic E-state index is 11.7. The van der Waals surface area contributed by atoms with Crippen molar-refractivity contribution in [2.45, 2.75) is 6.92 Å².